The van der Waals surface area contributed by atoms with E-state index in [1.165, 1.54) is 45.1 Å². The molecule has 9 rings (SSSR count). The predicted octanol–water partition coefficient (Wildman–Crippen LogP) is 5.94. The number of hydrogen-bond donors (Lipinski definition) is 1. The zero-order valence-corrected chi connectivity index (χ0v) is 30.5. The van der Waals surface area contributed by atoms with Crippen LogP contribution in [0, 0.1) is 18.3 Å². The van der Waals surface area contributed by atoms with Gasteiger partial charge in [-0.1, -0.05) is 29.8 Å². The molecule has 6 fully saturated rings. The molecule has 6 aliphatic rings. The molecule has 10 nitrogen and oxygen atoms in total. The Kier molecular flexibility index (Phi) is 7.54. The average molecular weight is 708 g/mol. The summed E-state index contributed by atoms with van der Waals surface area (Å²) in [6.45, 7) is 19.8. The fourth-order valence-electron chi connectivity index (χ4n) is 10.7. The Morgan fingerprint density at radius 3 is 2.57 bits per heavy atom. The quantitative estimate of drug-likeness (QED) is 0.305. The van der Waals surface area contributed by atoms with Crippen LogP contribution < -0.4 is 4.90 Å². The molecule has 12 heteroatoms. The zero-order valence-electron chi connectivity index (χ0n) is 29.0. The van der Waals surface area contributed by atoms with Crippen molar-refractivity contribution in [1.82, 2.24) is 34.7 Å². The highest BCUT2D eigenvalue weighted by Crippen LogP contribution is 2.56. The van der Waals surface area contributed by atoms with Crippen molar-refractivity contribution in [3.63, 3.8) is 0 Å². The lowest BCUT2D eigenvalue weighted by Gasteiger charge is -2.58. The van der Waals surface area contributed by atoms with Crippen LogP contribution in [-0.2, 0) is 9.53 Å². The molecule has 0 bridgehead atoms. The van der Waals surface area contributed by atoms with Crippen molar-refractivity contribution >= 4 is 45.8 Å². The van der Waals surface area contributed by atoms with Crippen LogP contribution in [0.25, 0.3) is 22.0 Å². The molecule has 2 aromatic heterocycles. The van der Waals surface area contributed by atoms with Crippen LogP contribution >= 0.6 is 23.2 Å². The minimum Gasteiger partial charge on any atom is -0.378 e. The molecule has 2 spiro atoms. The van der Waals surface area contributed by atoms with E-state index < -0.39 is 0 Å². The molecule has 0 radical (unpaired) electrons. The number of nitrogens with zero attached hydrogens (tertiary/aromatic N) is 7. The van der Waals surface area contributed by atoms with Crippen LogP contribution in [0.15, 0.2) is 24.9 Å². The number of amides is 1. The van der Waals surface area contributed by atoms with Crippen molar-refractivity contribution in [3.05, 3.63) is 40.7 Å². The molecule has 1 N–H and O–H groups in total. The largest absolute Gasteiger partial charge is 0.378 e. The van der Waals surface area contributed by atoms with Gasteiger partial charge in [0, 0.05) is 78.0 Å². The van der Waals surface area contributed by atoms with E-state index in [0.717, 1.165) is 92.1 Å². The summed E-state index contributed by atoms with van der Waals surface area (Å²) in [6.07, 6.45) is 10.2. The number of rotatable bonds is 7. The van der Waals surface area contributed by atoms with Gasteiger partial charge in [0.15, 0.2) is 5.82 Å². The number of ether oxygens (including phenoxy) is 1. The molecule has 262 valence electrons. The summed E-state index contributed by atoms with van der Waals surface area (Å²) in [5.41, 5.74) is 4.38. The highest BCUT2D eigenvalue weighted by atomic mass is 35.5. The molecule has 3 aromatic rings. The number of benzene rings is 1. The molecular formula is C37H48Cl2N8O2. The number of halogens is 2. The van der Waals surface area contributed by atoms with Crippen molar-refractivity contribution < 1.29 is 9.53 Å². The highest BCUT2D eigenvalue weighted by molar-refractivity contribution is 6.45. The standard InChI is InChI=1S/C37H48Cl2N8O2/c1-5-30(48)44-19-36(20-44)13-25(14-36)47-23(2)31(32-27-15-40-41-29(27)11-28(38)33(32)39)34(42-47)46-10-7-24(12-35(46,3)4)16-43-21-37(22-43)8-6-9-45(37)26-17-49-18-26/h5,11,15,24-26H,1,6-10,12-14,16-22H2,2-4H3,(H,40,41)/t24-/m1/s1. The van der Waals surface area contributed by atoms with Gasteiger partial charge in [0.1, 0.15) is 0 Å². The van der Waals surface area contributed by atoms with Gasteiger partial charge in [-0.2, -0.15) is 10.2 Å². The number of anilines is 1. The normalized spacial score (nSPS) is 26.6. The Morgan fingerprint density at radius 1 is 1.10 bits per heavy atom. The maximum Gasteiger partial charge on any atom is 0.245 e. The summed E-state index contributed by atoms with van der Waals surface area (Å²) in [4.78, 5) is 22.1. The van der Waals surface area contributed by atoms with Crippen LogP contribution in [0.4, 0.5) is 5.82 Å². The summed E-state index contributed by atoms with van der Waals surface area (Å²) in [6, 6.07) is 2.76. The number of carbonyl (C=O) groups excluding carboxylic acids is 1. The Hall–Kier alpha value is -2.63. The summed E-state index contributed by atoms with van der Waals surface area (Å²) in [5, 5.41) is 14.9. The van der Waals surface area contributed by atoms with Gasteiger partial charge in [0.05, 0.1) is 47.1 Å². The van der Waals surface area contributed by atoms with Gasteiger partial charge in [0.25, 0.3) is 0 Å². The van der Waals surface area contributed by atoms with E-state index in [4.69, 9.17) is 33.0 Å². The molecule has 1 saturated carbocycles. The van der Waals surface area contributed by atoms with Crippen LogP contribution in [0.5, 0.6) is 0 Å². The second-order valence-electron chi connectivity index (χ2n) is 16.8. The van der Waals surface area contributed by atoms with Crippen LogP contribution in [-0.4, -0.2) is 117 Å². The van der Waals surface area contributed by atoms with Gasteiger partial charge in [-0.05, 0) is 83.9 Å². The SMILES string of the molecule is C=CC(=O)N1CC2(CC(n3nc(N4CC[C@@H](CN5CC6(CCCN6C6COC6)C5)CC4(C)C)c(-c4c(Cl)c(Cl)cc5[nH]ncc45)c3C)C2)C1. The van der Waals surface area contributed by atoms with E-state index in [1.54, 1.807) is 0 Å². The molecule has 0 unspecified atom stereocenters. The fraction of sp³-hybridized carbons (Fsp3) is 0.649. The van der Waals surface area contributed by atoms with Crippen LogP contribution in [0.3, 0.4) is 0 Å². The lowest BCUT2D eigenvalue weighted by Crippen LogP contribution is -2.72. The molecule has 5 saturated heterocycles. The van der Waals surface area contributed by atoms with E-state index >= 15 is 0 Å². The minimum absolute atomic E-state index is 0.0252. The van der Waals surface area contributed by atoms with Crippen molar-refractivity contribution in [2.75, 3.05) is 63.9 Å². The lowest BCUT2D eigenvalue weighted by atomic mass is 9.60. The van der Waals surface area contributed by atoms with Crippen molar-refractivity contribution in [2.45, 2.75) is 82.5 Å². The van der Waals surface area contributed by atoms with Gasteiger partial charge in [-0.3, -0.25) is 24.4 Å². The van der Waals surface area contributed by atoms with Crippen molar-refractivity contribution in [1.29, 1.82) is 0 Å². The Morgan fingerprint density at radius 2 is 1.88 bits per heavy atom. The third kappa shape index (κ3) is 5.02. The number of nitrogens with one attached hydrogen (secondary N) is 1. The van der Waals surface area contributed by atoms with E-state index in [1.807, 2.05) is 17.2 Å². The van der Waals surface area contributed by atoms with Gasteiger partial charge in [0.2, 0.25) is 5.91 Å². The number of fused-ring (bicyclic) bond motifs is 1. The average Bonchev–Trinajstić information content (AvgIpc) is 3.69. The predicted molar refractivity (Wildman–Crippen MR) is 193 cm³/mol. The maximum atomic E-state index is 12.2. The minimum atomic E-state index is -0.102. The molecule has 1 atom stereocenters. The van der Waals surface area contributed by atoms with Crippen LogP contribution in [0.2, 0.25) is 10.0 Å². The summed E-state index contributed by atoms with van der Waals surface area (Å²) >= 11 is 13.9. The Balaban J connectivity index is 0.980. The fourth-order valence-corrected chi connectivity index (χ4v) is 11.1. The van der Waals surface area contributed by atoms with E-state index in [2.05, 4.69) is 56.9 Å². The molecule has 7 heterocycles. The lowest BCUT2D eigenvalue weighted by molar-refractivity contribution is -0.149. The first kappa shape index (κ1) is 32.3. The van der Waals surface area contributed by atoms with Gasteiger partial charge in [-0.25, -0.2) is 0 Å². The topological polar surface area (TPSA) is 85.8 Å². The van der Waals surface area contributed by atoms with Crippen LogP contribution in [0.1, 0.15) is 64.1 Å². The number of likely N-dealkylation sites (tertiary alicyclic amines) is 3. The van der Waals surface area contributed by atoms with E-state index in [9.17, 15) is 4.79 Å². The molecule has 49 heavy (non-hydrogen) atoms. The zero-order chi connectivity index (χ0) is 33.9. The van der Waals surface area contributed by atoms with E-state index in [0.29, 0.717) is 27.5 Å². The van der Waals surface area contributed by atoms with Gasteiger partial charge in [-0.15, -0.1) is 0 Å². The third-order valence-corrected chi connectivity index (χ3v) is 13.8. The Labute approximate surface area is 298 Å². The highest BCUT2D eigenvalue weighted by Gasteiger charge is 2.56. The van der Waals surface area contributed by atoms with Crippen molar-refractivity contribution in [2.24, 2.45) is 11.3 Å². The van der Waals surface area contributed by atoms with Gasteiger partial charge >= 0.3 is 0 Å². The number of aromatic nitrogens is 4. The number of aromatic amines is 1. The summed E-state index contributed by atoms with van der Waals surface area (Å²) in [5.74, 6) is 1.65. The van der Waals surface area contributed by atoms with E-state index in [-0.39, 0.29) is 22.9 Å². The number of carbonyl (C=O) groups is 1. The van der Waals surface area contributed by atoms with Crippen molar-refractivity contribution in [3.8, 4) is 11.1 Å². The number of hydrogen-bond acceptors (Lipinski definition) is 7. The third-order valence-electron chi connectivity index (χ3n) is 13.0. The monoisotopic (exact) mass is 706 g/mol. The first-order chi connectivity index (χ1) is 23.5. The summed E-state index contributed by atoms with van der Waals surface area (Å²) in [7, 11) is 0. The Bertz CT molecular complexity index is 1810. The number of piperidine rings is 1. The maximum absolute atomic E-state index is 12.2. The molecule has 1 aromatic carbocycles. The molecular weight excluding hydrogens is 659 g/mol. The molecule has 1 aliphatic carbocycles. The summed E-state index contributed by atoms with van der Waals surface area (Å²) < 4.78 is 7.81. The smallest absolute Gasteiger partial charge is 0.245 e. The van der Waals surface area contributed by atoms with Gasteiger partial charge < -0.3 is 14.5 Å². The second kappa shape index (κ2) is 11.4. The number of H-pyrrole nitrogens is 1. The molecule has 1 amide bonds. The first-order valence-electron chi connectivity index (χ1n) is 18.2. The second-order valence-corrected chi connectivity index (χ2v) is 17.6. The first-order valence-corrected chi connectivity index (χ1v) is 18.9. The molecule has 5 aliphatic heterocycles.